The van der Waals surface area contributed by atoms with Crippen LogP contribution in [0.2, 0.25) is 0 Å². The largest absolute Gasteiger partial charge is 0.360 e. The van der Waals surface area contributed by atoms with E-state index in [4.69, 9.17) is 4.74 Å². The van der Waals surface area contributed by atoms with Crippen molar-refractivity contribution in [1.29, 1.82) is 0 Å². The molecule has 0 amide bonds. The third-order valence-corrected chi connectivity index (χ3v) is 2.20. The van der Waals surface area contributed by atoms with Crippen LogP contribution in [0.1, 0.15) is 26.7 Å². The molecule has 0 saturated carbocycles. The average Bonchev–Trinajstić information content (AvgIpc) is 2.33. The smallest absolute Gasteiger partial charge is 0.158 e. The van der Waals surface area contributed by atoms with Crippen molar-refractivity contribution >= 4 is 5.78 Å². The van der Waals surface area contributed by atoms with Crippen LogP contribution in [-0.4, -0.2) is 17.5 Å². The predicted octanol–water partition coefficient (Wildman–Crippen LogP) is 1.70. The molecule has 0 N–H and O–H groups in total. The van der Waals surface area contributed by atoms with Gasteiger partial charge in [-0.3, -0.25) is 4.79 Å². The third-order valence-electron chi connectivity index (χ3n) is 2.20. The van der Waals surface area contributed by atoms with E-state index >= 15 is 0 Å². The third kappa shape index (κ3) is 1.69. The summed E-state index contributed by atoms with van der Waals surface area (Å²) in [6, 6.07) is 0. The summed E-state index contributed by atoms with van der Waals surface area (Å²) in [5.41, 5.74) is -0.268. The minimum Gasteiger partial charge on any atom is -0.360 e. The predicted molar refractivity (Wildman–Crippen MR) is 43.4 cm³/mol. The fourth-order valence-electron chi connectivity index (χ4n) is 1.30. The normalized spacial score (nSPS) is 37.1. The maximum atomic E-state index is 10.9. The molecule has 2 heteroatoms. The van der Waals surface area contributed by atoms with Crippen LogP contribution in [0.3, 0.4) is 0 Å². The summed E-state index contributed by atoms with van der Waals surface area (Å²) >= 11 is 0. The molecular weight excluding hydrogens is 140 g/mol. The molecule has 0 spiro atoms. The number of hydrogen-bond donors (Lipinski definition) is 0. The number of carbonyl (C=O) groups excluding carboxylic acids is 1. The van der Waals surface area contributed by atoms with Crippen LogP contribution < -0.4 is 0 Å². The molecule has 0 radical (unpaired) electrons. The van der Waals surface area contributed by atoms with E-state index in [1.165, 1.54) is 0 Å². The maximum Gasteiger partial charge on any atom is 0.158 e. The van der Waals surface area contributed by atoms with Crippen LogP contribution >= 0.6 is 0 Å². The van der Waals surface area contributed by atoms with Crippen LogP contribution in [0.4, 0.5) is 0 Å². The molecule has 0 aromatic heterocycles. The quantitative estimate of drug-likeness (QED) is 0.566. The maximum absolute atomic E-state index is 10.9. The number of ketones is 1. The van der Waals surface area contributed by atoms with E-state index in [0.717, 1.165) is 12.8 Å². The summed E-state index contributed by atoms with van der Waals surface area (Å²) in [6.07, 6.45) is 3.31. The molecule has 1 rings (SSSR count). The van der Waals surface area contributed by atoms with Gasteiger partial charge in [0.2, 0.25) is 0 Å². The first-order valence-corrected chi connectivity index (χ1v) is 3.89. The van der Waals surface area contributed by atoms with Crippen molar-refractivity contribution in [3.8, 4) is 0 Å². The van der Waals surface area contributed by atoms with Crippen LogP contribution in [0, 0.1) is 0 Å². The van der Waals surface area contributed by atoms with Crippen molar-refractivity contribution in [2.24, 2.45) is 0 Å². The number of hydrogen-bond acceptors (Lipinski definition) is 2. The van der Waals surface area contributed by atoms with Crippen molar-refractivity contribution < 1.29 is 9.53 Å². The van der Waals surface area contributed by atoms with Crippen LogP contribution in [-0.2, 0) is 9.53 Å². The Balaban J connectivity index is 2.59. The van der Waals surface area contributed by atoms with Gasteiger partial charge in [0.15, 0.2) is 5.78 Å². The number of rotatable bonds is 2. The molecule has 1 heterocycles. The van der Waals surface area contributed by atoms with Gasteiger partial charge in [0.1, 0.15) is 6.10 Å². The van der Waals surface area contributed by atoms with E-state index in [9.17, 15) is 4.79 Å². The molecule has 0 bridgehead atoms. The molecule has 0 unspecified atom stereocenters. The van der Waals surface area contributed by atoms with Gasteiger partial charge in [-0.15, -0.1) is 6.58 Å². The Morgan fingerprint density at radius 3 is 2.73 bits per heavy atom. The zero-order valence-electron chi connectivity index (χ0n) is 7.09. The van der Waals surface area contributed by atoms with Gasteiger partial charge in [0.25, 0.3) is 0 Å². The lowest BCUT2D eigenvalue weighted by Gasteiger charge is -2.18. The van der Waals surface area contributed by atoms with Crippen LogP contribution in [0.5, 0.6) is 0 Å². The summed E-state index contributed by atoms with van der Waals surface area (Å²) in [5, 5.41) is 0. The van der Waals surface area contributed by atoms with Gasteiger partial charge in [-0.05, 0) is 26.7 Å². The molecule has 1 aliphatic heterocycles. The summed E-state index contributed by atoms with van der Waals surface area (Å²) in [5.74, 6) is 0.121. The molecule has 1 saturated heterocycles. The lowest BCUT2D eigenvalue weighted by Crippen LogP contribution is -2.24. The second kappa shape index (κ2) is 2.78. The molecule has 1 aliphatic rings. The first kappa shape index (κ1) is 8.47. The highest BCUT2D eigenvalue weighted by atomic mass is 16.5. The Hall–Kier alpha value is -0.630. The van der Waals surface area contributed by atoms with Gasteiger partial charge in [0, 0.05) is 0 Å². The summed E-state index contributed by atoms with van der Waals surface area (Å²) in [7, 11) is 0. The van der Waals surface area contributed by atoms with E-state index in [2.05, 4.69) is 6.58 Å². The Morgan fingerprint density at radius 2 is 2.45 bits per heavy atom. The second-order valence-corrected chi connectivity index (χ2v) is 3.27. The van der Waals surface area contributed by atoms with Gasteiger partial charge < -0.3 is 4.74 Å². The minimum atomic E-state index is -0.268. The Kier molecular flexibility index (Phi) is 2.14. The molecule has 2 atom stereocenters. The van der Waals surface area contributed by atoms with Gasteiger partial charge in [0.05, 0.1) is 5.60 Å². The fourth-order valence-corrected chi connectivity index (χ4v) is 1.30. The van der Waals surface area contributed by atoms with Crippen molar-refractivity contribution in [2.45, 2.75) is 38.4 Å². The topological polar surface area (TPSA) is 26.3 Å². The standard InChI is InChI=1S/C9H14O2/c1-4-9(3)6-5-8(11-9)7(2)10/h4,8H,1,5-6H2,2-3H3/t8-,9+/m1/s1. The average molecular weight is 154 g/mol. The minimum absolute atomic E-state index is 0.121. The van der Waals surface area contributed by atoms with Crippen molar-refractivity contribution in [3.05, 3.63) is 12.7 Å². The van der Waals surface area contributed by atoms with E-state index in [1.807, 2.05) is 6.92 Å². The van der Waals surface area contributed by atoms with Gasteiger partial charge >= 0.3 is 0 Å². The van der Waals surface area contributed by atoms with Crippen LogP contribution in [0.15, 0.2) is 12.7 Å². The van der Waals surface area contributed by atoms with Gasteiger partial charge in [-0.25, -0.2) is 0 Å². The highest BCUT2D eigenvalue weighted by Crippen LogP contribution is 2.30. The molecular formula is C9H14O2. The lowest BCUT2D eigenvalue weighted by molar-refractivity contribution is -0.129. The van der Waals surface area contributed by atoms with E-state index in [-0.39, 0.29) is 17.5 Å². The van der Waals surface area contributed by atoms with Crippen molar-refractivity contribution in [2.75, 3.05) is 0 Å². The summed E-state index contributed by atoms with van der Waals surface area (Å²) < 4.78 is 5.49. The number of carbonyl (C=O) groups is 1. The Bertz CT molecular complexity index is 186. The SMILES string of the molecule is C=C[C@@]1(C)CC[C@H](C(C)=O)O1. The second-order valence-electron chi connectivity index (χ2n) is 3.27. The monoisotopic (exact) mass is 154 g/mol. The summed E-state index contributed by atoms with van der Waals surface area (Å²) in [4.78, 5) is 10.9. The van der Waals surface area contributed by atoms with Gasteiger partial charge in [-0.1, -0.05) is 6.08 Å². The molecule has 62 valence electrons. The number of ether oxygens (including phenoxy) is 1. The first-order chi connectivity index (χ1) is 5.07. The molecule has 0 aromatic rings. The fraction of sp³-hybridized carbons (Fsp3) is 0.667. The van der Waals surface area contributed by atoms with E-state index < -0.39 is 0 Å². The van der Waals surface area contributed by atoms with E-state index in [1.54, 1.807) is 13.0 Å². The highest BCUT2D eigenvalue weighted by Gasteiger charge is 2.35. The number of Topliss-reactive ketones (excluding diaryl/α,β-unsaturated/α-hetero) is 1. The van der Waals surface area contributed by atoms with Crippen molar-refractivity contribution in [3.63, 3.8) is 0 Å². The zero-order chi connectivity index (χ0) is 8.48. The van der Waals surface area contributed by atoms with E-state index in [0.29, 0.717) is 0 Å². The first-order valence-electron chi connectivity index (χ1n) is 3.89. The summed E-state index contributed by atoms with van der Waals surface area (Å²) in [6.45, 7) is 7.20. The Labute approximate surface area is 67.2 Å². The molecule has 0 aromatic carbocycles. The van der Waals surface area contributed by atoms with Crippen molar-refractivity contribution in [1.82, 2.24) is 0 Å². The lowest BCUT2D eigenvalue weighted by atomic mass is 10.0. The molecule has 0 aliphatic carbocycles. The highest BCUT2D eigenvalue weighted by molar-refractivity contribution is 5.80. The van der Waals surface area contributed by atoms with Gasteiger partial charge in [-0.2, -0.15) is 0 Å². The van der Waals surface area contributed by atoms with Crippen LogP contribution in [0.25, 0.3) is 0 Å². The molecule has 2 nitrogen and oxygen atoms in total. The zero-order valence-corrected chi connectivity index (χ0v) is 7.09. The Morgan fingerprint density at radius 1 is 1.82 bits per heavy atom. The molecule has 11 heavy (non-hydrogen) atoms. The molecule has 1 fully saturated rings.